The molecule has 0 spiro atoms. The molecule has 94 valence electrons. The van der Waals surface area contributed by atoms with Gasteiger partial charge in [0.25, 0.3) is 0 Å². The summed E-state index contributed by atoms with van der Waals surface area (Å²) in [6.07, 6.45) is 1.32. The summed E-state index contributed by atoms with van der Waals surface area (Å²) in [5.41, 5.74) is 3.82. The summed E-state index contributed by atoms with van der Waals surface area (Å²) < 4.78 is 0. The number of pyridine rings is 1. The van der Waals surface area contributed by atoms with Gasteiger partial charge in [-0.15, -0.1) is 0 Å². The van der Waals surface area contributed by atoms with Gasteiger partial charge in [-0.3, -0.25) is 4.98 Å². The molecular weight excluding hydrogens is 232 g/mol. The summed E-state index contributed by atoms with van der Waals surface area (Å²) >= 11 is 4.45. The molecule has 2 atom stereocenters. The van der Waals surface area contributed by atoms with Crippen molar-refractivity contribution in [2.24, 2.45) is 5.41 Å². The van der Waals surface area contributed by atoms with Crippen LogP contribution in [0.3, 0.4) is 0 Å². The fourth-order valence-electron chi connectivity index (χ4n) is 2.27. The molecule has 4 heteroatoms. The first-order valence-electron chi connectivity index (χ1n) is 5.94. The van der Waals surface area contributed by atoms with Gasteiger partial charge in [0.2, 0.25) is 0 Å². The lowest BCUT2D eigenvalue weighted by atomic mass is 9.80. The highest BCUT2D eigenvalue weighted by Gasteiger charge is 2.36. The predicted molar refractivity (Wildman–Crippen MR) is 73.6 cm³/mol. The number of thiol groups is 1. The van der Waals surface area contributed by atoms with E-state index in [9.17, 15) is 5.11 Å². The van der Waals surface area contributed by atoms with E-state index in [4.69, 9.17) is 0 Å². The molecule has 0 bridgehead atoms. The Morgan fingerprint density at radius 2 is 2.24 bits per heavy atom. The molecule has 1 aliphatic heterocycles. The van der Waals surface area contributed by atoms with Gasteiger partial charge in [0.15, 0.2) is 0 Å². The van der Waals surface area contributed by atoms with Gasteiger partial charge < -0.3 is 10.4 Å². The Hall–Kier alpha value is -0.740. The molecule has 0 amide bonds. The van der Waals surface area contributed by atoms with Gasteiger partial charge in [0.05, 0.1) is 11.4 Å². The summed E-state index contributed by atoms with van der Waals surface area (Å²) in [7, 11) is 0. The Labute approximate surface area is 108 Å². The zero-order valence-electron chi connectivity index (χ0n) is 10.8. The fourth-order valence-corrected chi connectivity index (χ4v) is 2.53. The quantitative estimate of drug-likeness (QED) is 0.673. The second kappa shape index (κ2) is 4.18. The van der Waals surface area contributed by atoms with E-state index in [0.717, 1.165) is 29.1 Å². The van der Waals surface area contributed by atoms with Crippen molar-refractivity contribution in [2.45, 2.75) is 39.0 Å². The summed E-state index contributed by atoms with van der Waals surface area (Å²) in [6, 6.07) is 0. The van der Waals surface area contributed by atoms with E-state index < -0.39 is 6.10 Å². The topological polar surface area (TPSA) is 45.2 Å². The van der Waals surface area contributed by atoms with E-state index >= 15 is 0 Å². The third-order valence-corrected chi connectivity index (χ3v) is 3.86. The van der Waals surface area contributed by atoms with Gasteiger partial charge in [0.1, 0.15) is 6.10 Å². The normalized spacial score (nSPS) is 23.8. The van der Waals surface area contributed by atoms with Crippen molar-refractivity contribution >= 4 is 18.3 Å². The van der Waals surface area contributed by atoms with Crippen LogP contribution >= 0.6 is 12.6 Å². The Balaban J connectivity index is 2.53. The zero-order chi connectivity index (χ0) is 12.8. The summed E-state index contributed by atoms with van der Waals surface area (Å²) in [5.74, 6) is 0. The number of nitrogens with one attached hydrogen (secondary N) is 1. The molecule has 2 rings (SSSR count). The number of aromatic nitrogens is 1. The Morgan fingerprint density at radius 1 is 1.59 bits per heavy atom. The van der Waals surface area contributed by atoms with Crippen molar-refractivity contribution in [1.29, 1.82) is 0 Å². The molecule has 0 radical (unpaired) electrons. The molecule has 1 aromatic rings. The van der Waals surface area contributed by atoms with Crippen molar-refractivity contribution in [1.82, 2.24) is 4.98 Å². The van der Waals surface area contributed by atoms with Crippen molar-refractivity contribution in [3.05, 3.63) is 23.0 Å². The number of rotatable bonds is 1. The molecule has 2 unspecified atom stereocenters. The first kappa shape index (κ1) is 12.7. The minimum absolute atomic E-state index is 0.154. The van der Waals surface area contributed by atoms with E-state index in [2.05, 4.69) is 29.9 Å². The monoisotopic (exact) mass is 252 g/mol. The SMILES string of the molecule is Cc1c(C(C)S)cnc2c1NCC(C)(C)C2O. The van der Waals surface area contributed by atoms with Crippen LogP contribution < -0.4 is 5.32 Å². The maximum Gasteiger partial charge on any atom is 0.105 e. The second-order valence-electron chi connectivity index (χ2n) is 5.52. The number of fused-ring (bicyclic) bond motifs is 1. The summed E-state index contributed by atoms with van der Waals surface area (Å²) in [6.45, 7) is 8.93. The first-order chi connectivity index (χ1) is 7.84. The number of nitrogens with zero attached hydrogens (tertiary/aromatic N) is 1. The Kier molecular flexibility index (Phi) is 3.12. The molecular formula is C13H20N2OS. The van der Waals surface area contributed by atoms with Crippen LogP contribution in [0.1, 0.15) is 48.9 Å². The Morgan fingerprint density at radius 3 is 2.82 bits per heavy atom. The van der Waals surface area contributed by atoms with Crippen molar-refractivity contribution < 1.29 is 5.11 Å². The van der Waals surface area contributed by atoms with Crippen LogP contribution in [0.5, 0.6) is 0 Å². The maximum absolute atomic E-state index is 10.3. The van der Waals surface area contributed by atoms with Gasteiger partial charge in [-0.25, -0.2) is 0 Å². The lowest BCUT2D eigenvalue weighted by molar-refractivity contribution is 0.0501. The van der Waals surface area contributed by atoms with E-state index in [0.29, 0.717) is 0 Å². The zero-order valence-corrected chi connectivity index (χ0v) is 11.7. The number of aliphatic hydroxyl groups is 1. The third kappa shape index (κ3) is 2.04. The molecule has 1 aliphatic rings. The molecule has 3 nitrogen and oxygen atoms in total. The smallest absolute Gasteiger partial charge is 0.105 e. The van der Waals surface area contributed by atoms with Gasteiger partial charge >= 0.3 is 0 Å². The van der Waals surface area contributed by atoms with Gasteiger partial charge in [0, 0.05) is 23.4 Å². The van der Waals surface area contributed by atoms with Crippen LogP contribution in [0.25, 0.3) is 0 Å². The van der Waals surface area contributed by atoms with Crippen LogP contribution in [0.4, 0.5) is 5.69 Å². The van der Waals surface area contributed by atoms with Gasteiger partial charge in [-0.1, -0.05) is 13.8 Å². The van der Waals surface area contributed by atoms with E-state index in [-0.39, 0.29) is 10.7 Å². The number of anilines is 1. The molecule has 1 aromatic heterocycles. The summed E-state index contributed by atoms with van der Waals surface area (Å²) in [5, 5.41) is 13.9. The average molecular weight is 252 g/mol. The average Bonchev–Trinajstić information content (AvgIpc) is 2.24. The lowest BCUT2D eigenvalue weighted by Crippen LogP contribution is -2.36. The molecule has 0 saturated carbocycles. The number of aliphatic hydroxyl groups excluding tert-OH is 1. The van der Waals surface area contributed by atoms with Crippen molar-refractivity contribution in [3.63, 3.8) is 0 Å². The first-order valence-corrected chi connectivity index (χ1v) is 6.45. The van der Waals surface area contributed by atoms with E-state index in [1.54, 1.807) is 0 Å². The van der Waals surface area contributed by atoms with Crippen LogP contribution in [0.15, 0.2) is 6.20 Å². The predicted octanol–water partition coefficient (Wildman–Crippen LogP) is 2.87. The highest BCUT2D eigenvalue weighted by molar-refractivity contribution is 7.80. The van der Waals surface area contributed by atoms with Crippen LogP contribution in [0, 0.1) is 12.3 Å². The molecule has 0 aliphatic carbocycles. The number of hydrogen-bond acceptors (Lipinski definition) is 4. The minimum Gasteiger partial charge on any atom is -0.386 e. The van der Waals surface area contributed by atoms with Crippen molar-refractivity contribution in [3.8, 4) is 0 Å². The lowest BCUT2D eigenvalue weighted by Gasteiger charge is -2.37. The largest absolute Gasteiger partial charge is 0.386 e. The Bertz CT molecular complexity index is 443. The minimum atomic E-state index is -0.512. The molecule has 0 saturated heterocycles. The molecule has 2 heterocycles. The molecule has 2 N–H and O–H groups in total. The van der Waals surface area contributed by atoms with E-state index in [1.165, 1.54) is 0 Å². The standard InChI is InChI=1S/C13H20N2OS/c1-7-9(8(2)17)5-14-11-10(7)15-6-13(3,4)12(11)16/h5,8,12,15-17H,6H2,1-4H3. The van der Waals surface area contributed by atoms with Crippen LogP contribution in [-0.2, 0) is 0 Å². The van der Waals surface area contributed by atoms with E-state index in [1.807, 2.05) is 27.0 Å². The van der Waals surface area contributed by atoms with Gasteiger partial charge in [-0.2, -0.15) is 12.6 Å². The highest BCUT2D eigenvalue weighted by atomic mass is 32.1. The molecule has 17 heavy (non-hydrogen) atoms. The van der Waals surface area contributed by atoms with Crippen LogP contribution in [0.2, 0.25) is 0 Å². The molecule has 0 aromatic carbocycles. The number of hydrogen-bond donors (Lipinski definition) is 3. The van der Waals surface area contributed by atoms with Crippen LogP contribution in [-0.4, -0.2) is 16.6 Å². The van der Waals surface area contributed by atoms with Gasteiger partial charge in [-0.05, 0) is 25.0 Å². The summed E-state index contributed by atoms with van der Waals surface area (Å²) in [4.78, 5) is 4.42. The highest BCUT2D eigenvalue weighted by Crippen LogP contribution is 2.42. The third-order valence-electron chi connectivity index (χ3n) is 3.58. The second-order valence-corrected chi connectivity index (χ2v) is 6.29. The maximum atomic E-state index is 10.3. The van der Waals surface area contributed by atoms with Crippen molar-refractivity contribution in [2.75, 3.05) is 11.9 Å². The fraction of sp³-hybridized carbons (Fsp3) is 0.615. The molecule has 0 fully saturated rings.